The number of hydrogen-bond acceptors (Lipinski definition) is 2. The average molecular weight is 427 g/mol. The summed E-state index contributed by atoms with van der Waals surface area (Å²) in [7, 11) is 0. The summed E-state index contributed by atoms with van der Waals surface area (Å²) < 4.78 is 0. The van der Waals surface area contributed by atoms with E-state index in [4.69, 9.17) is 0 Å². The highest BCUT2D eigenvalue weighted by Crippen LogP contribution is 2.40. The van der Waals surface area contributed by atoms with E-state index >= 15 is 0 Å². The smallest absolute Gasteiger partial charge is 0.150 e. The van der Waals surface area contributed by atoms with Gasteiger partial charge in [-0.05, 0) is 96.8 Å². The van der Waals surface area contributed by atoms with Crippen molar-refractivity contribution in [3.8, 4) is 11.1 Å². The number of allylic oxidation sites excluding steroid dienone is 4. The molecule has 6 rings (SSSR count). The van der Waals surface area contributed by atoms with Crippen LogP contribution in [0.5, 0.6) is 0 Å². The van der Waals surface area contributed by atoms with Gasteiger partial charge in [-0.2, -0.15) is 0 Å². The van der Waals surface area contributed by atoms with Crippen LogP contribution >= 0.6 is 0 Å². The third-order valence-corrected chi connectivity index (χ3v) is 6.95. The van der Waals surface area contributed by atoms with Crippen molar-refractivity contribution in [2.24, 2.45) is 5.92 Å². The fourth-order valence-electron chi connectivity index (χ4n) is 5.29. The summed E-state index contributed by atoms with van der Waals surface area (Å²) in [6, 6.07) is 25.6. The summed E-state index contributed by atoms with van der Waals surface area (Å²) >= 11 is 0. The Morgan fingerprint density at radius 3 is 1.67 bits per heavy atom. The summed E-state index contributed by atoms with van der Waals surface area (Å²) in [6.07, 6.45) is 6.69. The lowest BCUT2D eigenvalue weighted by Crippen LogP contribution is -2.05. The van der Waals surface area contributed by atoms with E-state index in [0.29, 0.717) is 11.5 Å². The highest BCUT2D eigenvalue weighted by Gasteiger charge is 2.18. The van der Waals surface area contributed by atoms with Crippen LogP contribution in [0.1, 0.15) is 29.3 Å². The average Bonchev–Trinajstić information content (AvgIpc) is 2.86. The molecule has 0 spiro atoms. The maximum atomic E-state index is 11.2. The van der Waals surface area contributed by atoms with Crippen molar-refractivity contribution < 1.29 is 9.59 Å². The second-order valence-corrected chi connectivity index (χ2v) is 9.05. The fourth-order valence-corrected chi connectivity index (χ4v) is 5.29. The molecule has 1 aliphatic carbocycles. The maximum absolute atomic E-state index is 11.2. The number of carbonyl (C=O) groups is 2. The van der Waals surface area contributed by atoms with E-state index < -0.39 is 0 Å². The lowest BCUT2D eigenvalue weighted by Gasteiger charge is -2.21. The summed E-state index contributed by atoms with van der Waals surface area (Å²) in [5, 5.41) is 7.50. The van der Waals surface area contributed by atoms with Crippen LogP contribution in [-0.2, 0) is 4.79 Å². The molecule has 0 amide bonds. The first-order chi connectivity index (χ1) is 16.1. The van der Waals surface area contributed by atoms with Crippen LogP contribution in [-0.4, -0.2) is 12.6 Å². The van der Waals surface area contributed by atoms with E-state index in [0.717, 1.165) is 35.7 Å². The predicted molar refractivity (Wildman–Crippen MR) is 137 cm³/mol. The lowest BCUT2D eigenvalue weighted by atomic mass is 9.83. The van der Waals surface area contributed by atoms with Crippen LogP contribution in [0, 0.1) is 5.92 Å². The van der Waals surface area contributed by atoms with E-state index in [2.05, 4.69) is 61.5 Å². The van der Waals surface area contributed by atoms with E-state index in [1.807, 2.05) is 30.3 Å². The molecule has 2 nitrogen and oxygen atoms in total. The van der Waals surface area contributed by atoms with Gasteiger partial charge in [0.25, 0.3) is 0 Å². The molecule has 1 unspecified atom stereocenters. The highest BCUT2D eigenvalue weighted by atomic mass is 16.1. The Labute approximate surface area is 192 Å². The van der Waals surface area contributed by atoms with Gasteiger partial charge in [-0.1, -0.05) is 67.6 Å². The Kier molecular flexibility index (Phi) is 4.48. The minimum absolute atomic E-state index is 0.316. The zero-order valence-corrected chi connectivity index (χ0v) is 18.3. The summed E-state index contributed by atoms with van der Waals surface area (Å²) in [5.41, 5.74) is 6.32. The number of rotatable bonds is 4. The van der Waals surface area contributed by atoms with Crippen LogP contribution in [0.25, 0.3) is 49.0 Å². The van der Waals surface area contributed by atoms with Crippen LogP contribution in [0.4, 0.5) is 0 Å². The number of carbonyl (C=O) groups excluding carboxylic acids is 2. The molecule has 0 aromatic heterocycles. The van der Waals surface area contributed by atoms with Gasteiger partial charge in [-0.25, -0.2) is 0 Å². The predicted octanol–water partition coefficient (Wildman–Crippen LogP) is 7.61. The maximum Gasteiger partial charge on any atom is 0.150 e. The highest BCUT2D eigenvalue weighted by molar-refractivity contribution is 6.24. The standard InChI is InChI=1S/C31H22O2/c1-19-12-21(18-33)4-11-29(19)28-15-25-9-7-23-13-27(22-5-2-20(17-32)3-6-22)14-24-8-10-26(16-28)31(25)30(23)24/h2-11,13-19H,12H2,1H3. The summed E-state index contributed by atoms with van der Waals surface area (Å²) in [6.45, 7) is 2.19. The van der Waals surface area contributed by atoms with Crippen molar-refractivity contribution in [2.45, 2.75) is 13.3 Å². The van der Waals surface area contributed by atoms with Gasteiger partial charge < -0.3 is 0 Å². The Morgan fingerprint density at radius 2 is 1.18 bits per heavy atom. The third-order valence-electron chi connectivity index (χ3n) is 6.95. The Balaban J connectivity index is 1.53. The van der Waals surface area contributed by atoms with Gasteiger partial charge >= 0.3 is 0 Å². The number of aldehydes is 2. The molecule has 158 valence electrons. The molecule has 1 atom stereocenters. The number of hydrogen-bond donors (Lipinski definition) is 0. The van der Waals surface area contributed by atoms with Crippen molar-refractivity contribution in [1.82, 2.24) is 0 Å². The Morgan fingerprint density at radius 1 is 0.636 bits per heavy atom. The molecule has 5 aromatic rings. The first kappa shape index (κ1) is 19.6. The van der Waals surface area contributed by atoms with Crippen LogP contribution in [0.3, 0.4) is 0 Å². The normalized spacial score (nSPS) is 16.2. The second kappa shape index (κ2) is 7.53. The van der Waals surface area contributed by atoms with Crippen molar-refractivity contribution in [1.29, 1.82) is 0 Å². The molecular formula is C31H22O2. The zero-order chi connectivity index (χ0) is 22.5. The molecule has 33 heavy (non-hydrogen) atoms. The van der Waals surface area contributed by atoms with E-state index in [-0.39, 0.29) is 0 Å². The van der Waals surface area contributed by atoms with Crippen molar-refractivity contribution in [2.75, 3.05) is 0 Å². The summed E-state index contributed by atoms with van der Waals surface area (Å²) in [5.74, 6) is 0.316. The molecule has 0 aliphatic heterocycles. The Bertz CT molecular complexity index is 1550. The van der Waals surface area contributed by atoms with Crippen molar-refractivity contribution in [3.63, 3.8) is 0 Å². The van der Waals surface area contributed by atoms with Gasteiger partial charge in [-0.15, -0.1) is 0 Å². The third kappa shape index (κ3) is 3.18. The van der Waals surface area contributed by atoms with Gasteiger partial charge in [0.2, 0.25) is 0 Å². The summed E-state index contributed by atoms with van der Waals surface area (Å²) in [4.78, 5) is 22.2. The SMILES string of the molecule is CC1CC(C=O)=CC=C1c1cc2ccc3cc(-c4ccc(C=O)cc4)cc4ccc(c1)c2c34. The van der Waals surface area contributed by atoms with Crippen LogP contribution in [0.2, 0.25) is 0 Å². The molecule has 0 N–H and O–H groups in total. The molecule has 5 aromatic carbocycles. The van der Waals surface area contributed by atoms with Gasteiger partial charge in [0.15, 0.2) is 0 Å². The molecule has 2 heteroatoms. The van der Waals surface area contributed by atoms with Gasteiger partial charge in [0.05, 0.1) is 0 Å². The molecule has 0 fully saturated rings. The zero-order valence-electron chi connectivity index (χ0n) is 18.3. The Hall–Kier alpha value is -4.04. The minimum atomic E-state index is 0.316. The molecule has 1 aliphatic rings. The molecule has 0 saturated heterocycles. The molecule has 0 radical (unpaired) electrons. The van der Waals surface area contributed by atoms with Crippen LogP contribution in [0.15, 0.2) is 90.5 Å². The first-order valence-corrected chi connectivity index (χ1v) is 11.3. The van der Waals surface area contributed by atoms with Crippen molar-refractivity contribution >= 4 is 50.5 Å². The second-order valence-electron chi connectivity index (χ2n) is 9.05. The minimum Gasteiger partial charge on any atom is -0.298 e. The lowest BCUT2D eigenvalue weighted by molar-refractivity contribution is -0.105. The monoisotopic (exact) mass is 426 g/mol. The first-order valence-electron chi connectivity index (χ1n) is 11.3. The van der Waals surface area contributed by atoms with E-state index in [9.17, 15) is 9.59 Å². The molecule has 0 heterocycles. The van der Waals surface area contributed by atoms with Crippen molar-refractivity contribution in [3.05, 3.63) is 102 Å². The van der Waals surface area contributed by atoms with E-state index in [1.165, 1.54) is 43.5 Å². The largest absolute Gasteiger partial charge is 0.298 e. The van der Waals surface area contributed by atoms with Crippen LogP contribution < -0.4 is 0 Å². The number of benzene rings is 5. The van der Waals surface area contributed by atoms with E-state index in [1.54, 1.807) is 0 Å². The van der Waals surface area contributed by atoms with Gasteiger partial charge in [-0.3, -0.25) is 9.59 Å². The quantitative estimate of drug-likeness (QED) is 0.219. The molecular weight excluding hydrogens is 404 g/mol. The molecule has 0 bridgehead atoms. The fraction of sp³-hybridized carbons (Fsp3) is 0.0968. The topological polar surface area (TPSA) is 34.1 Å². The van der Waals surface area contributed by atoms with Gasteiger partial charge in [0, 0.05) is 5.56 Å². The molecule has 0 saturated carbocycles. The van der Waals surface area contributed by atoms with Gasteiger partial charge in [0.1, 0.15) is 12.6 Å².